The van der Waals surface area contributed by atoms with Crippen LogP contribution in [0.2, 0.25) is 0 Å². The van der Waals surface area contributed by atoms with E-state index in [1.807, 2.05) is 13.8 Å². The van der Waals surface area contributed by atoms with Crippen LogP contribution >= 0.6 is 11.3 Å². The van der Waals surface area contributed by atoms with E-state index in [0.717, 1.165) is 0 Å². The Labute approximate surface area is 170 Å². The number of hydrogen-bond acceptors (Lipinski definition) is 6. The van der Waals surface area contributed by atoms with Gasteiger partial charge in [0.05, 0.1) is 19.1 Å². The smallest absolute Gasteiger partial charge is 0.287 e. The van der Waals surface area contributed by atoms with Crippen molar-refractivity contribution in [3.05, 3.63) is 53.6 Å². The Morgan fingerprint density at radius 3 is 2.69 bits per heavy atom. The summed E-state index contributed by atoms with van der Waals surface area (Å²) >= 11 is 1.21. The topological polar surface area (TPSA) is 93.5 Å². The molecule has 0 saturated carbocycles. The molecule has 152 valence electrons. The molecule has 3 aromatic rings. The van der Waals surface area contributed by atoms with E-state index in [9.17, 15) is 14.0 Å². The van der Waals surface area contributed by atoms with Gasteiger partial charge in [-0.25, -0.2) is 9.37 Å². The molecule has 2 amide bonds. The van der Waals surface area contributed by atoms with Crippen molar-refractivity contribution in [1.82, 2.24) is 10.3 Å². The van der Waals surface area contributed by atoms with E-state index in [2.05, 4.69) is 15.6 Å². The number of nitrogens with zero attached hydrogens (tertiary/aromatic N) is 1. The highest BCUT2D eigenvalue weighted by Gasteiger charge is 2.26. The summed E-state index contributed by atoms with van der Waals surface area (Å²) in [6, 6.07) is 6.85. The third-order valence-electron chi connectivity index (χ3n) is 4.16. The largest absolute Gasteiger partial charge is 0.494 e. The number of rotatable bonds is 7. The summed E-state index contributed by atoms with van der Waals surface area (Å²) in [5.41, 5.74) is 1.08. The molecule has 0 saturated heterocycles. The van der Waals surface area contributed by atoms with E-state index in [4.69, 9.17) is 9.15 Å². The highest BCUT2D eigenvalue weighted by molar-refractivity contribution is 7.14. The van der Waals surface area contributed by atoms with Crippen molar-refractivity contribution in [3.8, 4) is 17.0 Å². The third kappa shape index (κ3) is 4.80. The Hall–Kier alpha value is -3.20. The minimum atomic E-state index is -0.779. The molecule has 0 radical (unpaired) electrons. The zero-order valence-electron chi connectivity index (χ0n) is 16.1. The lowest BCUT2D eigenvalue weighted by molar-refractivity contribution is -0.118. The Balaban J connectivity index is 1.70. The summed E-state index contributed by atoms with van der Waals surface area (Å²) < 4.78 is 23.9. The first-order chi connectivity index (χ1) is 13.9. The maximum Gasteiger partial charge on any atom is 0.287 e. The lowest BCUT2D eigenvalue weighted by atomic mass is 10.0. The van der Waals surface area contributed by atoms with Crippen LogP contribution in [0.4, 0.5) is 9.52 Å². The Bertz CT molecular complexity index is 1000. The highest BCUT2D eigenvalue weighted by atomic mass is 32.1. The number of nitrogens with one attached hydrogen (secondary N) is 2. The quantitative estimate of drug-likeness (QED) is 0.607. The number of furan rings is 1. The molecular formula is C20H20FN3O4S. The van der Waals surface area contributed by atoms with Gasteiger partial charge in [-0.2, -0.15) is 0 Å². The van der Waals surface area contributed by atoms with Gasteiger partial charge in [0.15, 0.2) is 22.5 Å². The van der Waals surface area contributed by atoms with Gasteiger partial charge in [0.25, 0.3) is 5.91 Å². The first-order valence-electron chi connectivity index (χ1n) is 8.83. The number of methoxy groups -OCH3 is 1. The van der Waals surface area contributed by atoms with Gasteiger partial charge in [-0.3, -0.25) is 9.59 Å². The van der Waals surface area contributed by atoms with Crippen molar-refractivity contribution in [2.75, 3.05) is 12.4 Å². The second-order valence-corrected chi connectivity index (χ2v) is 7.41. The van der Waals surface area contributed by atoms with E-state index < -0.39 is 23.7 Å². The molecule has 7 nitrogen and oxygen atoms in total. The van der Waals surface area contributed by atoms with E-state index in [-0.39, 0.29) is 17.4 Å². The lowest BCUT2D eigenvalue weighted by Crippen LogP contribution is -2.47. The first-order valence-corrected chi connectivity index (χ1v) is 9.71. The average molecular weight is 417 g/mol. The fourth-order valence-corrected chi connectivity index (χ4v) is 3.35. The molecule has 2 N–H and O–H groups in total. The summed E-state index contributed by atoms with van der Waals surface area (Å²) in [5, 5.41) is 7.43. The Kier molecular flexibility index (Phi) is 6.28. The minimum absolute atomic E-state index is 0.126. The fraction of sp³-hybridized carbons (Fsp3) is 0.250. The molecule has 29 heavy (non-hydrogen) atoms. The van der Waals surface area contributed by atoms with Crippen LogP contribution in [-0.4, -0.2) is 29.9 Å². The van der Waals surface area contributed by atoms with Gasteiger partial charge in [-0.05, 0) is 36.2 Å². The maximum atomic E-state index is 13.9. The number of halogens is 1. The minimum Gasteiger partial charge on any atom is -0.494 e. The van der Waals surface area contributed by atoms with Crippen molar-refractivity contribution < 1.29 is 23.1 Å². The molecule has 0 aliphatic heterocycles. The predicted octanol–water partition coefficient (Wildman–Crippen LogP) is 3.94. The van der Waals surface area contributed by atoms with Gasteiger partial charge in [-0.1, -0.05) is 13.8 Å². The number of thiazole rings is 1. The summed E-state index contributed by atoms with van der Waals surface area (Å²) in [6.45, 7) is 3.64. The number of aromatic nitrogens is 1. The van der Waals surface area contributed by atoms with Crippen LogP contribution < -0.4 is 15.4 Å². The van der Waals surface area contributed by atoms with Gasteiger partial charge in [0.1, 0.15) is 6.04 Å². The molecule has 1 aromatic carbocycles. The predicted molar refractivity (Wildman–Crippen MR) is 107 cm³/mol. The number of anilines is 1. The number of carbonyl (C=O) groups excluding carboxylic acids is 2. The summed E-state index contributed by atoms with van der Waals surface area (Å²) in [7, 11) is 1.39. The second kappa shape index (κ2) is 8.87. The van der Waals surface area contributed by atoms with Gasteiger partial charge >= 0.3 is 0 Å². The molecule has 0 bridgehead atoms. The fourth-order valence-electron chi connectivity index (χ4n) is 2.63. The van der Waals surface area contributed by atoms with Crippen molar-refractivity contribution in [1.29, 1.82) is 0 Å². The van der Waals surface area contributed by atoms with E-state index in [1.165, 1.54) is 42.9 Å². The zero-order chi connectivity index (χ0) is 21.0. The molecule has 2 heterocycles. The molecule has 2 aromatic heterocycles. The lowest BCUT2D eigenvalue weighted by Gasteiger charge is -2.20. The zero-order valence-corrected chi connectivity index (χ0v) is 16.9. The van der Waals surface area contributed by atoms with Crippen LogP contribution in [0.15, 0.2) is 46.4 Å². The van der Waals surface area contributed by atoms with Gasteiger partial charge < -0.3 is 19.8 Å². The number of benzene rings is 1. The first kappa shape index (κ1) is 20.5. The summed E-state index contributed by atoms with van der Waals surface area (Å²) in [6.07, 6.45) is 1.39. The third-order valence-corrected chi connectivity index (χ3v) is 4.92. The molecular weight excluding hydrogens is 397 g/mol. The number of ether oxygens (including phenoxy) is 1. The van der Waals surface area contributed by atoms with E-state index in [1.54, 1.807) is 17.5 Å². The molecule has 3 rings (SSSR count). The monoisotopic (exact) mass is 417 g/mol. The summed E-state index contributed by atoms with van der Waals surface area (Å²) in [5.74, 6) is -1.27. The van der Waals surface area contributed by atoms with Crippen LogP contribution in [0, 0.1) is 11.7 Å². The van der Waals surface area contributed by atoms with Gasteiger partial charge in [0, 0.05) is 10.9 Å². The Morgan fingerprint density at radius 2 is 2.07 bits per heavy atom. The number of hydrogen-bond donors (Lipinski definition) is 2. The maximum absolute atomic E-state index is 13.9. The van der Waals surface area contributed by atoms with Gasteiger partial charge in [-0.15, -0.1) is 11.3 Å². The molecule has 9 heteroatoms. The molecule has 0 spiro atoms. The molecule has 1 atom stereocenters. The van der Waals surface area contributed by atoms with Crippen LogP contribution in [-0.2, 0) is 4.79 Å². The SMILES string of the molecule is COc1ccc(-c2csc(NC(=O)[C@@H](NC(=O)c3ccco3)C(C)C)n2)cc1F. The van der Waals surface area contributed by atoms with Crippen LogP contribution in [0.25, 0.3) is 11.3 Å². The number of amides is 2. The molecule has 0 aliphatic carbocycles. The highest BCUT2D eigenvalue weighted by Crippen LogP contribution is 2.28. The van der Waals surface area contributed by atoms with Crippen molar-refractivity contribution in [3.63, 3.8) is 0 Å². The summed E-state index contributed by atoms with van der Waals surface area (Å²) in [4.78, 5) is 29.2. The molecule has 0 aliphatic rings. The molecule has 0 fully saturated rings. The second-order valence-electron chi connectivity index (χ2n) is 6.55. The van der Waals surface area contributed by atoms with Crippen LogP contribution in [0.5, 0.6) is 5.75 Å². The average Bonchev–Trinajstić information content (AvgIpc) is 3.37. The van der Waals surface area contributed by atoms with Crippen LogP contribution in [0.1, 0.15) is 24.4 Å². The van der Waals surface area contributed by atoms with Crippen molar-refractivity contribution in [2.45, 2.75) is 19.9 Å². The number of carbonyl (C=O) groups is 2. The standard InChI is InChI=1S/C20H20FN3O4S/c1-11(2)17(23-18(25)16-5-4-8-28-16)19(26)24-20-22-14(10-29-20)12-6-7-15(27-3)13(21)9-12/h4-11,17H,1-3H3,(H,23,25)(H,22,24,26)/t17-/m0/s1. The van der Waals surface area contributed by atoms with Crippen molar-refractivity contribution in [2.24, 2.45) is 5.92 Å². The molecule has 0 unspecified atom stereocenters. The van der Waals surface area contributed by atoms with Gasteiger partial charge in [0.2, 0.25) is 5.91 Å². The normalized spacial score (nSPS) is 11.9. The van der Waals surface area contributed by atoms with Crippen molar-refractivity contribution >= 4 is 28.3 Å². The van der Waals surface area contributed by atoms with E-state index >= 15 is 0 Å². The Morgan fingerprint density at radius 1 is 1.28 bits per heavy atom. The van der Waals surface area contributed by atoms with E-state index in [0.29, 0.717) is 16.4 Å². The van der Waals surface area contributed by atoms with Crippen LogP contribution in [0.3, 0.4) is 0 Å².